The molecule has 18 heavy (non-hydrogen) atoms. The Kier molecular flexibility index (Phi) is 4.18. The van der Waals surface area contributed by atoms with Gasteiger partial charge in [-0.1, -0.05) is 37.3 Å². The lowest BCUT2D eigenvalue weighted by atomic mass is 9.98. The number of nitrogens with one attached hydrogen (secondary N) is 1. The highest BCUT2D eigenvalue weighted by molar-refractivity contribution is 5.60. The molecule has 2 aromatic rings. The third-order valence-corrected chi connectivity index (χ3v) is 3.10. The fourth-order valence-corrected chi connectivity index (χ4v) is 1.94. The van der Waals surface area contributed by atoms with Gasteiger partial charge in [0.2, 0.25) is 0 Å². The monoisotopic (exact) mass is 241 g/mol. The molecule has 0 spiro atoms. The fraction of sp³-hybridized carbons (Fsp3) is 0.267. The van der Waals surface area contributed by atoms with Crippen molar-refractivity contribution in [3.63, 3.8) is 0 Å². The van der Waals surface area contributed by atoms with Crippen molar-refractivity contribution in [1.29, 1.82) is 0 Å². The number of nitrogen functional groups attached to an aromatic ring is 1. The molecule has 3 N–H and O–H groups in total. The molecule has 0 fully saturated rings. The molecule has 0 aliphatic rings. The Bertz CT molecular complexity index is 482. The van der Waals surface area contributed by atoms with Crippen LogP contribution in [0.4, 0.5) is 11.5 Å². The smallest absolute Gasteiger partial charge is 0.146 e. The molecule has 0 amide bonds. The average molecular weight is 241 g/mol. The zero-order chi connectivity index (χ0) is 12.8. The van der Waals surface area contributed by atoms with Crippen LogP contribution in [0, 0.1) is 0 Å². The Morgan fingerprint density at radius 1 is 1.17 bits per heavy atom. The van der Waals surface area contributed by atoms with Crippen LogP contribution in [0.1, 0.15) is 24.8 Å². The van der Waals surface area contributed by atoms with Gasteiger partial charge in [-0.15, -0.1) is 0 Å². The van der Waals surface area contributed by atoms with E-state index in [9.17, 15) is 0 Å². The van der Waals surface area contributed by atoms with Gasteiger partial charge in [-0.2, -0.15) is 0 Å². The van der Waals surface area contributed by atoms with Crippen LogP contribution in [0.5, 0.6) is 0 Å². The molecule has 1 atom stereocenters. The van der Waals surface area contributed by atoms with Crippen LogP contribution in [0.3, 0.4) is 0 Å². The van der Waals surface area contributed by atoms with Gasteiger partial charge in [0.25, 0.3) is 0 Å². The van der Waals surface area contributed by atoms with Crippen LogP contribution in [0.2, 0.25) is 0 Å². The zero-order valence-corrected chi connectivity index (χ0v) is 10.6. The lowest BCUT2D eigenvalue weighted by molar-refractivity contribution is 0.706. The van der Waals surface area contributed by atoms with E-state index < -0.39 is 0 Å². The van der Waals surface area contributed by atoms with Gasteiger partial charge in [0.15, 0.2) is 0 Å². The number of hydrogen-bond donors (Lipinski definition) is 2. The van der Waals surface area contributed by atoms with Crippen LogP contribution in [-0.4, -0.2) is 11.5 Å². The molecule has 2 rings (SSSR count). The minimum atomic E-state index is 0.539. The number of rotatable bonds is 5. The predicted molar refractivity (Wildman–Crippen MR) is 76.6 cm³/mol. The standard InChI is InChI=1S/C15H19N3/c1-12(13-6-3-2-4-7-13)9-11-17-14-8-5-10-18-15(14)16/h2-8,10,12,17H,9,11H2,1H3,(H2,16,18). The van der Waals surface area contributed by atoms with Gasteiger partial charge < -0.3 is 11.1 Å². The van der Waals surface area contributed by atoms with E-state index in [1.165, 1.54) is 5.56 Å². The van der Waals surface area contributed by atoms with Gasteiger partial charge in [0.1, 0.15) is 5.82 Å². The average Bonchev–Trinajstić information content (AvgIpc) is 2.42. The lowest BCUT2D eigenvalue weighted by Crippen LogP contribution is -2.08. The third-order valence-electron chi connectivity index (χ3n) is 3.10. The Labute approximate surface area is 108 Å². The first-order valence-corrected chi connectivity index (χ1v) is 6.26. The second-order valence-electron chi connectivity index (χ2n) is 4.46. The molecule has 1 unspecified atom stereocenters. The van der Waals surface area contributed by atoms with Crippen molar-refractivity contribution in [3.05, 3.63) is 54.2 Å². The van der Waals surface area contributed by atoms with Crippen LogP contribution in [0.15, 0.2) is 48.7 Å². The van der Waals surface area contributed by atoms with Gasteiger partial charge >= 0.3 is 0 Å². The maximum atomic E-state index is 5.77. The normalized spacial score (nSPS) is 12.1. The molecule has 0 saturated heterocycles. The topological polar surface area (TPSA) is 50.9 Å². The van der Waals surface area contributed by atoms with E-state index in [1.54, 1.807) is 6.20 Å². The number of anilines is 2. The molecule has 1 aromatic carbocycles. The molecular weight excluding hydrogens is 222 g/mol. The minimum Gasteiger partial charge on any atom is -0.382 e. The Balaban J connectivity index is 1.84. The van der Waals surface area contributed by atoms with E-state index in [4.69, 9.17) is 5.73 Å². The van der Waals surface area contributed by atoms with Crippen molar-refractivity contribution in [3.8, 4) is 0 Å². The molecule has 1 aromatic heterocycles. The molecule has 1 heterocycles. The summed E-state index contributed by atoms with van der Waals surface area (Å²) < 4.78 is 0. The summed E-state index contributed by atoms with van der Waals surface area (Å²) in [5.41, 5.74) is 8.06. The number of nitrogens with zero attached hydrogens (tertiary/aromatic N) is 1. The third kappa shape index (κ3) is 3.23. The van der Waals surface area contributed by atoms with E-state index in [0.29, 0.717) is 11.7 Å². The first-order valence-electron chi connectivity index (χ1n) is 6.26. The lowest BCUT2D eigenvalue weighted by Gasteiger charge is -2.13. The highest BCUT2D eigenvalue weighted by Crippen LogP contribution is 2.19. The van der Waals surface area contributed by atoms with Crippen molar-refractivity contribution < 1.29 is 0 Å². The van der Waals surface area contributed by atoms with Crippen molar-refractivity contribution in [2.45, 2.75) is 19.3 Å². The highest BCUT2D eigenvalue weighted by atomic mass is 14.9. The summed E-state index contributed by atoms with van der Waals surface area (Å²) in [5.74, 6) is 1.10. The maximum absolute atomic E-state index is 5.77. The molecule has 3 heteroatoms. The van der Waals surface area contributed by atoms with Crippen molar-refractivity contribution in [2.24, 2.45) is 0 Å². The number of aromatic nitrogens is 1. The van der Waals surface area contributed by atoms with E-state index in [-0.39, 0.29) is 0 Å². The van der Waals surface area contributed by atoms with Gasteiger partial charge in [0.05, 0.1) is 5.69 Å². The summed E-state index contributed by atoms with van der Waals surface area (Å²) in [6.07, 6.45) is 2.77. The SMILES string of the molecule is CC(CCNc1cccnc1N)c1ccccc1. The van der Waals surface area contributed by atoms with Gasteiger partial charge in [-0.05, 0) is 30.0 Å². The summed E-state index contributed by atoms with van der Waals surface area (Å²) in [6, 6.07) is 14.4. The van der Waals surface area contributed by atoms with E-state index in [1.807, 2.05) is 18.2 Å². The Hall–Kier alpha value is -2.03. The minimum absolute atomic E-state index is 0.539. The predicted octanol–water partition coefficient (Wildman–Crippen LogP) is 3.27. The van der Waals surface area contributed by atoms with E-state index >= 15 is 0 Å². The summed E-state index contributed by atoms with van der Waals surface area (Å²) in [7, 11) is 0. The largest absolute Gasteiger partial charge is 0.382 e. The number of nitrogens with two attached hydrogens (primary N) is 1. The molecule has 94 valence electrons. The van der Waals surface area contributed by atoms with Crippen molar-refractivity contribution in [2.75, 3.05) is 17.6 Å². The van der Waals surface area contributed by atoms with Gasteiger partial charge in [0, 0.05) is 12.7 Å². The van der Waals surface area contributed by atoms with Crippen molar-refractivity contribution >= 4 is 11.5 Å². The summed E-state index contributed by atoms with van der Waals surface area (Å²) in [6.45, 7) is 3.13. The van der Waals surface area contributed by atoms with Gasteiger partial charge in [-0.3, -0.25) is 0 Å². The quantitative estimate of drug-likeness (QED) is 0.844. The zero-order valence-electron chi connectivity index (χ0n) is 10.6. The summed E-state index contributed by atoms with van der Waals surface area (Å²) >= 11 is 0. The molecule has 0 saturated carbocycles. The van der Waals surface area contributed by atoms with Crippen LogP contribution < -0.4 is 11.1 Å². The maximum Gasteiger partial charge on any atom is 0.146 e. The molecular formula is C15H19N3. The summed E-state index contributed by atoms with van der Waals surface area (Å²) in [5, 5.41) is 3.33. The number of hydrogen-bond acceptors (Lipinski definition) is 3. The number of pyridine rings is 1. The second kappa shape index (κ2) is 6.05. The molecule has 0 radical (unpaired) electrons. The Morgan fingerprint density at radius 3 is 2.67 bits per heavy atom. The number of benzene rings is 1. The molecule has 3 nitrogen and oxygen atoms in total. The van der Waals surface area contributed by atoms with Crippen LogP contribution >= 0.6 is 0 Å². The van der Waals surface area contributed by atoms with E-state index in [0.717, 1.165) is 18.7 Å². The Morgan fingerprint density at radius 2 is 1.94 bits per heavy atom. The van der Waals surface area contributed by atoms with Gasteiger partial charge in [-0.25, -0.2) is 4.98 Å². The fourth-order valence-electron chi connectivity index (χ4n) is 1.94. The first-order chi connectivity index (χ1) is 8.77. The second-order valence-corrected chi connectivity index (χ2v) is 4.46. The summed E-state index contributed by atoms with van der Waals surface area (Å²) in [4.78, 5) is 4.05. The highest BCUT2D eigenvalue weighted by Gasteiger charge is 2.05. The van der Waals surface area contributed by atoms with Crippen LogP contribution in [-0.2, 0) is 0 Å². The van der Waals surface area contributed by atoms with Crippen LogP contribution in [0.25, 0.3) is 0 Å². The van der Waals surface area contributed by atoms with Crippen molar-refractivity contribution in [1.82, 2.24) is 4.98 Å². The molecule has 0 aliphatic heterocycles. The van der Waals surface area contributed by atoms with E-state index in [2.05, 4.69) is 41.5 Å². The molecule has 0 aliphatic carbocycles. The molecule has 0 bridgehead atoms. The first kappa shape index (κ1) is 12.4.